The summed E-state index contributed by atoms with van der Waals surface area (Å²) in [6, 6.07) is 1.000. The second kappa shape index (κ2) is 4.60. The zero-order valence-corrected chi connectivity index (χ0v) is 10.5. The highest BCUT2D eigenvalue weighted by Crippen LogP contribution is 2.39. The van der Waals surface area contributed by atoms with Gasteiger partial charge >= 0.3 is 7.60 Å². The van der Waals surface area contributed by atoms with Crippen molar-refractivity contribution in [2.24, 2.45) is 11.5 Å². The van der Waals surface area contributed by atoms with Gasteiger partial charge in [0.05, 0.1) is 6.26 Å². The van der Waals surface area contributed by atoms with Gasteiger partial charge in [-0.2, -0.15) is 0 Å². The number of primary amides is 2. The lowest BCUT2D eigenvalue weighted by molar-refractivity contribution is 0.0941. The Hall–Kier alpha value is -2.42. The van der Waals surface area contributed by atoms with Crippen LogP contribution in [0.15, 0.2) is 21.3 Å². The Morgan fingerprint density at radius 3 is 2.40 bits per heavy atom. The standard InChI is InChI=1S/C9H8N3O7P/c10-8(13)4-5(12-19-7(4)9(11)14)6-3(1-2-18-6)20(15,16)17/h1-2H,(H2,10,13)(H2,11,14)(H2,15,16,17). The van der Waals surface area contributed by atoms with Gasteiger partial charge in [0.15, 0.2) is 11.5 Å². The minimum absolute atomic E-state index is 0.408. The predicted octanol–water partition coefficient (Wildman–Crippen LogP) is -1.06. The van der Waals surface area contributed by atoms with Gasteiger partial charge in [-0.3, -0.25) is 14.2 Å². The summed E-state index contributed by atoms with van der Waals surface area (Å²) in [5, 5.41) is 2.84. The summed E-state index contributed by atoms with van der Waals surface area (Å²) in [6.45, 7) is 0. The molecule has 20 heavy (non-hydrogen) atoms. The number of nitrogens with two attached hydrogens (primary N) is 2. The topological polar surface area (TPSA) is 183 Å². The highest BCUT2D eigenvalue weighted by Gasteiger charge is 2.33. The Kier molecular flexibility index (Phi) is 3.22. The molecule has 2 amide bonds. The van der Waals surface area contributed by atoms with E-state index in [0.717, 1.165) is 12.3 Å². The second-order valence-electron chi connectivity index (χ2n) is 3.64. The molecule has 0 saturated carbocycles. The van der Waals surface area contributed by atoms with E-state index in [2.05, 4.69) is 9.68 Å². The predicted molar refractivity (Wildman–Crippen MR) is 62.9 cm³/mol. The van der Waals surface area contributed by atoms with Crippen LogP contribution >= 0.6 is 7.60 Å². The molecule has 0 aliphatic carbocycles. The molecule has 0 aliphatic rings. The molecule has 0 saturated heterocycles. The summed E-state index contributed by atoms with van der Waals surface area (Å²) in [5.41, 5.74) is 9.14. The van der Waals surface area contributed by atoms with E-state index in [1.54, 1.807) is 0 Å². The molecule has 10 nitrogen and oxygen atoms in total. The van der Waals surface area contributed by atoms with Crippen molar-refractivity contribution in [2.75, 3.05) is 0 Å². The average molecular weight is 301 g/mol. The number of hydrogen-bond acceptors (Lipinski definition) is 6. The molecule has 0 aliphatic heterocycles. The first-order valence-electron chi connectivity index (χ1n) is 4.96. The van der Waals surface area contributed by atoms with Crippen LogP contribution in [0.5, 0.6) is 0 Å². The van der Waals surface area contributed by atoms with E-state index in [1.165, 1.54) is 0 Å². The molecule has 2 rings (SSSR count). The fourth-order valence-electron chi connectivity index (χ4n) is 1.55. The van der Waals surface area contributed by atoms with Crippen LogP contribution in [0.4, 0.5) is 0 Å². The van der Waals surface area contributed by atoms with Gasteiger partial charge in [-0.05, 0) is 6.07 Å². The zero-order chi connectivity index (χ0) is 15.1. The van der Waals surface area contributed by atoms with Crippen molar-refractivity contribution in [2.45, 2.75) is 0 Å². The molecule has 0 atom stereocenters. The molecular formula is C9H8N3O7P. The fraction of sp³-hybridized carbons (Fsp3) is 0. The summed E-state index contributed by atoms with van der Waals surface area (Å²) in [5.74, 6) is -3.27. The maximum atomic E-state index is 11.3. The molecule has 106 valence electrons. The molecular weight excluding hydrogens is 293 g/mol. The maximum absolute atomic E-state index is 11.3. The molecule has 6 N–H and O–H groups in total. The molecule has 2 aromatic rings. The van der Waals surface area contributed by atoms with E-state index < -0.39 is 47.5 Å². The van der Waals surface area contributed by atoms with Crippen LogP contribution < -0.4 is 16.8 Å². The van der Waals surface area contributed by atoms with Crippen LogP contribution in [0.25, 0.3) is 11.5 Å². The van der Waals surface area contributed by atoms with Crippen molar-refractivity contribution < 1.29 is 32.9 Å². The number of carbonyl (C=O) groups excluding carboxylic acids is 2. The van der Waals surface area contributed by atoms with E-state index in [4.69, 9.17) is 25.7 Å². The van der Waals surface area contributed by atoms with Crippen LogP contribution in [-0.4, -0.2) is 26.8 Å². The lowest BCUT2D eigenvalue weighted by atomic mass is 10.1. The van der Waals surface area contributed by atoms with Crippen molar-refractivity contribution in [1.29, 1.82) is 0 Å². The second-order valence-corrected chi connectivity index (χ2v) is 5.21. The minimum atomic E-state index is -4.68. The normalized spacial score (nSPS) is 11.5. The number of rotatable bonds is 4. The largest absolute Gasteiger partial charge is 0.462 e. The van der Waals surface area contributed by atoms with Gasteiger partial charge in [0, 0.05) is 0 Å². The highest BCUT2D eigenvalue weighted by atomic mass is 31.2. The SMILES string of the molecule is NC(=O)c1onc(-c2occc2P(=O)(O)O)c1C(N)=O. The first-order chi connectivity index (χ1) is 9.23. The van der Waals surface area contributed by atoms with Crippen molar-refractivity contribution in [3.8, 4) is 11.5 Å². The maximum Gasteiger partial charge on any atom is 0.360 e. The fourth-order valence-corrected chi connectivity index (χ4v) is 2.23. The van der Waals surface area contributed by atoms with Crippen LogP contribution in [0, 0.1) is 0 Å². The van der Waals surface area contributed by atoms with Gasteiger partial charge in [0.2, 0.25) is 5.76 Å². The van der Waals surface area contributed by atoms with Gasteiger partial charge in [-0.25, -0.2) is 0 Å². The van der Waals surface area contributed by atoms with Crippen LogP contribution in [0.2, 0.25) is 0 Å². The molecule has 2 aromatic heterocycles. The van der Waals surface area contributed by atoms with E-state index >= 15 is 0 Å². The third-order valence-corrected chi connectivity index (χ3v) is 3.32. The summed E-state index contributed by atoms with van der Waals surface area (Å²) < 4.78 is 20.7. The van der Waals surface area contributed by atoms with E-state index in [0.29, 0.717) is 0 Å². The quantitative estimate of drug-likeness (QED) is 0.514. The van der Waals surface area contributed by atoms with Crippen molar-refractivity contribution in [1.82, 2.24) is 5.16 Å². The number of furan rings is 1. The van der Waals surface area contributed by atoms with Gasteiger partial charge in [-0.15, -0.1) is 0 Å². The van der Waals surface area contributed by atoms with E-state index in [-0.39, 0.29) is 0 Å². The molecule has 0 unspecified atom stereocenters. The number of hydrogen-bond donors (Lipinski definition) is 4. The van der Waals surface area contributed by atoms with Gasteiger partial charge < -0.3 is 30.2 Å². The summed E-state index contributed by atoms with van der Waals surface area (Å²) in [4.78, 5) is 40.7. The van der Waals surface area contributed by atoms with Crippen molar-refractivity contribution in [3.05, 3.63) is 23.7 Å². The van der Waals surface area contributed by atoms with Crippen LogP contribution in [0.1, 0.15) is 20.9 Å². The lowest BCUT2D eigenvalue weighted by Gasteiger charge is -2.02. The molecule has 2 heterocycles. The Labute approximate surface area is 110 Å². The molecule has 11 heteroatoms. The lowest BCUT2D eigenvalue weighted by Crippen LogP contribution is -2.20. The van der Waals surface area contributed by atoms with Crippen molar-refractivity contribution in [3.63, 3.8) is 0 Å². The first kappa shape index (κ1) is 14.0. The Morgan fingerprint density at radius 1 is 1.25 bits per heavy atom. The number of nitrogens with zero attached hydrogens (tertiary/aromatic N) is 1. The average Bonchev–Trinajstić information content (AvgIpc) is 2.93. The Morgan fingerprint density at radius 2 is 1.90 bits per heavy atom. The molecule has 0 radical (unpaired) electrons. The first-order valence-corrected chi connectivity index (χ1v) is 6.58. The Bertz CT molecular complexity index is 741. The van der Waals surface area contributed by atoms with E-state index in [1.807, 2.05) is 0 Å². The Balaban J connectivity index is 2.72. The minimum Gasteiger partial charge on any atom is -0.462 e. The molecule has 0 aromatic carbocycles. The van der Waals surface area contributed by atoms with Crippen LogP contribution in [-0.2, 0) is 4.57 Å². The summed E-state index contributed by atoms with van der Waals surface area (Å²) in [7, 11) is -4.68. The van der Waals surface area contributed by atoms with Gasteiger partial charge in [0.1, 0.15) is 10.9 Å². The number of carbonyl (C=O) groups is 2. The number of aromatic nitrogens is 1. The number of amides is 2. The van der Waals surface area contributed by atoms with Gasteiger partial charge in [-0.1, -0.05) is 5.16 Å². The molecule has 0 bridgehead atoms. The molecule has 0 spiro atoms. The van der Waals surface area contributed by atoms with Gasteiger partial charge in [0.25, 0.3) is 11.8 Å². The monoisotopic (exact) mass is 301 g/mol. The summed E-state index contributed by atoms with van der Waals surface area (Å²) >= 11 is 0. The summed E-state index contributed by atoms with van der Waals surface area (Å²) in [6.07, 6.45) is 0.979. The smallest absolute Gasteiger partial charge is 0.360 e. The third-order valence-electron chi connectivity index (χ3n) is 2.34. The zero-order valence-electron chi connectivity index (χ0n) is 9.64. The van der Waals surface area contributed by atoms with Crippen LogP contribution in [0.3, 0.4) is 0 Å². The molecule has 0 fully saturated rings. The van der Waals surface area contributed by atoms with E-state index in [9.17, 15) is 14.2 Å². The van der Waals surface area contributed by atoms with Crippen molar-refractivity contribution >= 4 is 24.7 Å². The highest BCUT2D eigenvalue weighted by molar-refractivity contribution is 7.60. The third kappa shape index (κ3) is 2.23.